The number of hydrogen-bond donors (Lipinski definition) is 1. The van der Waals surface area contributed by atoms with Gasteiger partial charge in [-0.2, -0.15) is 0 Å². The average Bonchev–Trinajstić information content (AvgIpc) is 2.57. The van der Waals surface area contributed by atoms with Crippen LogP contribution in [0.25, 0.3) is 21.9 Å². The lowest BCUT2D eigenvalue weighted by molar-refractivity contribution is 0.669. The van der Waals surface area contributed by atoms with E-state index in [1.165, 1.54) is 0 Å². The Kier molecular flexibility index (Phi) is 1.76. The SMILES string of the molecule is Nc1cc2oc3ccccc3c2cc1Br. The molecule has 0 spiro atoms. The zero-order chi connectivity index (χ0) is 10.4. The number of nitrogen functional groups attached to an aromatic ring is 1. The molecule has 2 aromatic carbocycles. The molecule has 0 atom stereocenters. The third kappa shape index (κ3) is 1.23. The normalized spacial score (nSPS) is 11.3. The molecule has 15 heavy (non-hydrogen) atoms. The molecule has 2 nitrogen and oxygen atoms in total. The van der Waals surface area contributed by atoms with Crippen LogP contribution in [-0.2, 0) is 0 Å². The highest BCUT2D eigenvalue weighted by molar-refractivity contribution is 9.10. The summed E-state index contributed by atoms with van der Waals surface area (Å²) in [6.45, 7) is 0. The quantitative estimate of drug-likeness (QED) is 0.623. The number of furan rings is 1. The minimum atomic E-state index is 0.696. The predicted octanol–water partition coefficient (Wildman–Crippen LogP) is 3.93. The lowest BCUT2D eigenvalue weighted by atomic mass is 10.1. The van der Waals surface area contributed by atoms with Gasteiger partial charge in [-0.1, -0.05) is 18.2 Å². The summed E-state index contributed by atoms with van der Waals surface area (Å²) < 4.78 is 6.59. The van der Waals surface area contributed by atoms with Gasteiger partial charge < -0.3 is 10.2 Å². The van der Waals surface area contributed by atoms with E-state index >= 15 is 0 Å². The van der Waals surface area contributed by atoms with Crippen LogP contribution < -0.4 is 5.73 Å². The van der Waals surface area contributed by atoms with Gasteiger partial charge >= 0.3 is 0 Å². The van der Waals surface area contributed by atoms with Crippen molar-refractivity contribution < 1.29 is 4.42 Å². The number of hydrogen-bond acceptors (Lipinski definition) is 2. The molecule has 74 valence electrons. The second kappa shape index (κ2) is 3.00. The van der Waals surface area contributed by atoms with Crippen molar-refractivity contribution in [3.63, 3.8) is 0 Å². The Balaban J connectivity index is 2.56. The minimum absolute atomic E-state index is 0.696. The molecule has 1 heterocycles. The molecule has 0 saturated heterocycles. The van der Waals surface area contributed by atoms with Gasteiger partial charge in [-0.15, -0.1) is 0 Å². The van der Waals surface area contributed by atoms with Crippen LogP contribution in [0, 0.1) is 0 Å². The summed E-state index contributed by atoms with van der Waals surface area (Å²) in [4.78, 5) is 0. The molecular weight excluding hydrogens is 254 g/mol. The first kappa shape index (κ1) is 8.80. The van der Waals surface area contributed by atoms with Gasteiger partial charge in [0.1, 0.15) is 11.2 Å². The number of para-hydroxylation sites is 1. The fraction of sp³-hybridized carbons (Fsp3) is 0. The van der Waals surface area contributed by atoms with E-state index in [1.807, 2.05) is 36.4 Å². The molecule has 0 aliphatic rings. The fourth-order valence-electron chi connectivity index (χ4n) is 1.76. The van der Waals surface area contributed by atoms with E-state index in [1.54, 1.807) is 0 Å². The average molecular weight is 262 g/mol. The minimum Gasteiger partial charge on any atom is -0.456 e. The number of anilines is 1. The van der Waals surface area contributed by atoms with E-state index in [9.17, 15) is 0 Å². The molecule has 0 radical (unpaired) electrons. The van der Waals surface area contributed by atoms with Gasteiger partial charge in [-0.3, -0.25) is 0 Å². The zero-order valence-corrected chi connectivity index (χ0v) is 9.41. The van der Waals surface area contributed by atoms with Crippen LogP contribution in [0.1, 0.15) is 0 Å². The zero-order valence-electron chi connectivity index (χ0n) is 7.83. The van der Waals surface area contributed by atoms with E-state index in [-0.39, 0.29) is 0 Å². The summed E-state index contributed by atoms with van der Waals surface area (Å²) in [5.41, 5.74) is 8.22. The van der Waals surface area contributed by atoms with E-state index in [4.69, 9.17) is 10.2 Å². The molecule has 0 unspecified atom stereocenters. The maximum absolute atomic E-state index is 5.80. The number of halogens is 1. The highest BCUT2D eigenvalue weighted by Gasteiger charge is 2.08. The smallest absolute Gasteiger partial charge is 0.137 e. The first-order chi connectivity index (χ1) is 7.25. The van der Waals surface area contributed by atoms with E-state index in [0.29, 0.717) is 5.69 Å². The van der Waals surface area contributed by atoms with Crippen LogP contribution in [0.2, 0.25) is 0 Å². The Labute approximate surface area is 94.8 Å². The second-order valence-corrected chi connectivity index (χ2v) is 4.32. The monoisotopic (exact) mass is 261 g/mol. The third-order valence-electron chi connectivity index (χ3n) is 2.50. The van der Waals surface area contributed by atoms with Crippen molar-refractivity contribution in [2.75, 3.05) is 5.73 Å². The van der Waals surface area contributed by atoms with Gasteiger partial charge in [-0.25, -0.2) is 0 Å². The second-order valence-electron chi connectivity index (χ2n) is 3.47. The Morgan fingerprint density at radius 1 is 1.00 bits per heavy atom. The van der Waals surface area contributed by atoms with E-state index < -0.39 is 0 Å². The molecule has 0 fully saturated rings. The Bertz CT molecular complexity index is 657. The highest BCUT2D eigenvalue weighted by atomic mass is 79.9. The Hall–Kier alpha value is -1.48. The van der Waals surface area contributed by atoms with Crippen LogP contribution >= 0.6 is 15.9 Å². The van der Waals surface area contributed by atoms with Crippen molar-refractivity contribution in [2.24, 2.45) is 0 Å². The summed E-state index contributed by atoms with van der Waals surface area (Å²) in [7, 11) is 0. The first-order valence-electron chi connectivity index (χ1n) is 4.62. The first-order valence-corrected chi connectivity index (χ1v) is 5.41. The van der Waals surface area contributed by atoms with Gasteiger partial charge in [0.05, 0.1) is 0 Å². The van der Waals surface area contributed by atoms with Crippen molar-refractivity contribution >= 4 is 43.6 Å². The van der Waals surface area contributed by atoms with Gasteiger partial charge in [-0.05, 0) is 28.1 Å². The summed E-state index contributed by atoms with van der Waals surface area (Å²) in [5, 5.41) is 2.21. The van der Waals surface area contributed by atoms with Crippen molar-refractivity contribution in [1.29, 1.82) is 0 Å². The summed E-state index contributed by atoms with van der Waals surface area (Å²) in [5.74, 6) is 0. The molecule has 2 N–H and O–H groups in total. The van der Waals surface area contributed by atoms with Crippen LogP contribution in [-0.4, -0.2) is 0 Å². The molecule has 0 amide bonds. The number of rotatable bonds is 0. The van der Waals surface area contributed by atoms with Crippen LogP contribution in [0.15, 0.2) is 45.3 Å². The van der Waals surface area contributed by atoms with Crippen LogP contribution in [0.3, 0.4) is 0 Å². The standard InChI is InChI=1S/C12H8BrNO/c13-9-5-8-7-3-1-2-4-11(7)15-12(8)6-10(9)14/h1-6H,14H2. The summed E-state index contributed by atoms with van der Waals surface area (Å²) in [6, 6.07) is 11.8. The molecular formula is C12H8BrNO. The van der Waals surface area contributed by atoms with E-state index in [0.717, 1.165) is 26.4 Å². The van der Waals surface area contributed by atoms with Gasteiger partial charge in [0.15, 0.2) is 0 Å². The van der Waals surface area contributed by atoms with E-state index in [2.05, 4.69) is 15.9 Å². The molecule has 0 aliphatic heterocycles. The lowest BCUT2D eigenvalue weighted by Crippen LogP contribution is -1.84. The van der Waals surface area contributed by atoms with Crippen molar-refractivity contribution in [1.82, 2.24) is 0 Å². The third-order valence-corrected chi connectivity index (χ3v) is 3.18. The van der Waals surface area contributed by atoms with Crippen molar-refractivity contribution in [3.8, 4) is 0 Å². The van der Waals surface area contributed by atoms with Crippen LogP contribution in [0.5, 0.6) is 0 Å². The van der Waals surface area contributed by atoms with Crippen LogP contribution in [0.4, 0.5) is 5.69 Å². The molecule has 1 aromatic heterocycles. The van der Waals surface area contributed by atoms with Crippen molar-refractivity contribution in [3.05, 3.63) is 40.9 Å². The molecule has 3 rings (SSSR count). The van der Waals surface area contributed by atoms with Crippen molar-refractivity contribution in [2.45, 2.75) is 0 Å². The molecule has 0 saturated carbocycles. The molecule has 0 aliphatic carbocycles. The fourth-order valence-corrected chi connectivity index (χ4v) is 2.10. The largest absolute Gasteiger partial charge is 0.456 e. The van der Waals surface area contributed by atoms with Gasteiger partial charge in [0, 0.05) is 27.0 Å². The topological polar surface area (TPSA) is 39.2 Å². The molecule has 3 heteroatoms. The summed E-state index contributed by atoms with van der Waals surface area (Å²) >= 11 is 3.42. The molecule has 3 aromatic rings. The summed E-state index contributed by atoms with van der Waals surface area (Å²) in [6.07, 6.45) is 0. The Morgan fingerprint density at radius 2 is 1.80 bits per heavy atom. The number of nitrogens with two attached hydrogens (primary N) is 1. The van der Waals surface area contributed by atoms with Gasteiger partial charge in [0.2, 0.25) is 0 Å². The lowest BCUT2D eigenvalue weighted by Gasteiger charge is -1.96. The number of benzene rings is 2. The maximum Gasteiger partial charge on any atom is 0.137 e. The maximum atomic E-state index is 5.80. The highest BCUT2D eigenvalue weighted by Crippen LogP contribution is 2.33. The van der Waals surface area contributed by atoms with Gasteiger partial charge in [0.25, 0.3) is 0 Å². The Morgan fingerprint density at radius 3 is 2.67 bits per heavy atom. The predicted molar refractivity (Wildman–Crippen MR) is 65.8 cm³/mol. The number of fused-ring (bicyclic) bond motifs is 3. The molecule has 0 bridgehead atoms.